The molecule has 278 valence electrons. The van der Waals surface area contributed by atoms with Gasteiger partial charge in [0.1, 0.15) is 11.5 Å². The second-order valence-electron chi connectivity index (χ2n) is 12.8. The molecular formula is C38H48O13. The summed E-state index contributed by atoms with van der Waals surface area (Å²) < 4.78 is 31.5. The van der Waals surface area contributed by atoms with Gasteiger partial charge in [-0.2, -0.15) is 0 Å². The van der Waals surface area contributed by atoms with Gasteiger partial charge in [0.15, 0.2) is 5.78 Å². The molecule has 0 bridgehead atoms. The molecule has 1 aromatic rings. The molecule has 2 aliphatic carbocycles. The summed E-state index contributed by atoms with van der Waals surface area (Å²) in [5.41, 5.74) is 0.265. The molecule has 0 amide bonds. The summed E-state index contributed by atoms with van der Waals surface area (Å²) >= 11 is 0. The van der Waals surface area contributed by atoms with Gasteiger partial charge in [-0.1, -0.05) is 13.2 Å². The third-order valence-electron chi connectivity index (χ3n) is 8.99. The van der Waals surface area contributed by atoms with Crippen LogP contribution in [0.25, 0.3) is 0 Å². The summed E-state index contributed by atoms with van der Waals surface area (Å²) in [6.45, 7) is 8.75. The molecule has 0 N–H and O–H groups in total. The highest BCUT2D eigenvalue weighted by molar-refractivity contribution is 6.00. The fourth-order valence-corrected chi connectivity index (χ4v) is 5.95. The Morgan fingerprint density at radius 2 is 1.20 bits per heavy atom. The van der Waals surface area contributed by atoms with Crippen molar-refractivity contribution in [3.05, 3.63) is 48.6 Å². The number of hydrogen-bond acceptors (Lipinski definition) is 13. The lowest BCUT2D eigenvalue weighted by molar-refractivity contribution is -0.152. The molecule has 0 aliphatic heterocycles. The third-order valence-corrected chi connectivity index (χ3v) is 8.99. The van der Waals surface area contributed by atoms with Crippen molar-refractivity contribution < 1.29 is 62.0 Å². The molecule has 0 atom stereocenters. The molecule has 0 unspecified atom stereocenters. The number of benzene rings is 1. The smallest absolute Gasteiger partial charge is 0.333 e. The SMILES string of the molecule is C=CC(=O)OCCCCOC(=O)C1CCC(C(=O)Oc2ccc(OC(=O)C3CCC(C(=O)OC)CC3)cc2C(=O)CCCOC(=O)C(=C)C)CC1. The van der Waals surface area contributed by atoms with Gasteiger partial charge in [-0.3, -0.25) is 24.0 Å². The van der Waals surface area contributed by atoms with E-state index >= 15 is 0 Å². The summed E-state index contributed by atoms with van der Waals surface area (Å²) in [6, 6.07) is 4.21. The molecule has 0 saturated heterocycles. The lowest BCUT2D eigenvalue weighted by atomic mass is 9.82. The second-order valence-corrected chi connectivity index (χ2v) is 12.8. The third kappa shape index (κ3) is 13.1. The van der Waals surface area contributed by atoms with Crippen molar-refractivity contribution in [3.8, 4) is 11.5 Å². The zero-order valence-corrected chi connectivity index (χ0v) is 29.4. The molecule has 2 fully saturated rings. The molecule has 2 aliphatic rings. The normalized spacial score (nSPS) is 19.8. The van der Waals surface area contributed by atoms with Crippen LogP contribution in [-0.2, 0) is 47.7 Å². The molecule has 0 aromatic heterocycles. The molecule has 3 rings (SSSR count). The van der Waals surface area contributed by atoms with E-state index in [9.17, 15) is 33.6 Å². The van der Waals surface area contributed by atoms with Gasteiger partial charge in [-0.05, 0) is 95.8 Å². The van der Waals surface area contributed by atoms with E-state index in [0.717, 1.165) is 6.08 Å². The maximum atomic E-state index is 13.4. The molecule has 0 spiro atoms. The van der Waals surface area contributed by atoms with Crippen LogP contribution in [0.5, 0.6) is 11.5 Å². The highest BCUT2D eigenvalue weighted by Gasteiger charge is 2.34. The maximum Gasteiger partial charge on any atom is 0.333 e. The highest BCUT2D eigenvalue weighted by Crippen LogP contribution is 2.34. The summed E-state index contributed by atoms with van der Waals surface area (Å²) in [5, 5.41) is 0. The van der Waals surface area contributed by atoms with Gasteiger partial charge < -0.3 is 28.4 Å². The van der Waals surface area contributed by atoms with Crippen LogP contribution in [0.3, 0.4) is 0 Å². The fourth-order valence-electron chi connectivity index (χ4n) is 5.95. The number of hydrogen-bond donors (Lipinski definition) is 0. The molecule has 1 aromatic carbocycles. The van der Waals surface area contributed by atoms with Crippen LogP contribution in [0, 0.1) is 23.7 Å². The van der Waals surface area contributed by atoms with Crippen molar-refractivity contribution in [3.63, 3.8) is 0 Å². The molecule has 13 heteroatoms. The van der Waals surface area contributed by atoms with Crippen LogP contribution < -0.4 is 9.47 Å². The number of esters is 6. The van der Waals surface area contributed by atoms with Crippen molar-refractivity contribution in [1.29, 1.82) is 0 Å². The van der Waals surface area contributed by atoms with Gasteiger partial charge in [0.25, 0.3) is 0 Å². The largest absolute Gasteiger partial charge is 0.469 e. The van der Waals surface area contributed by atoms with Gasteiger partial charge in [0.2, 0.25) is 0 Å². The number of rotatable bonds is 18. The Bertz CT molecular complexity index is 1450. The van der Waals surface area contributed by atoms with E-state index in [1.807, 2.05) is 0 Å². The average molecular weight is 713 g/mol. The Hall–Kier alpha value is -4.81. The second kappa shape index (κ2) is 20.8. The standard InChI is InChI=1S/C38H48O13/c1-5-33(40)47-20-6-7-21-49-36(43)26-12-16-28(17-13-26)38(45)51-32-19-18-29(23-30(32)31(39)9-8-22-48-34(41)24(2)3)50-37(44)27-14-10-25(11-15-27)35(42)46-4/h5,18-19,23,25-28H,1-2,6-17,20-22H2,3-4H3. The van der Waals surface area contributed by atoms with Crippen molar-refractivity contribution in [2.75, 3.05) is 26.9 Å². The van der Waals surface area contributed by atoms with Crippen LogP contribution in [0.1, 0.15) is 94.3 Å². The first-order chi connectivity index (χ1) is 24.4. The van der Waals surface area contributed by atoms with Crippen molar-refractivity contribution >= 4 is 41.6 Å². The molecular weight excluding hydrogens is 664 g/mol. The van der Waals surface area contributed by atoms with Crippen LogP contribution in [0.4, 0.5) is 0 Å². The zero-order chi connectivity index (χ0) is 37.3. The van der Waals surface area contributed by atoms with Gasteiger partial charge in [0, 0.05) is 18.1 Å². The van der Waals surface area contributed by atoms with Crippen molar-refractivity contribution in [2.45, 2.75) is 84.0 Å². The molecule has 2 saturated carbocycles. The van der Waals surface area contributed by atoms with E-state index < -0.39 is 41.5 Å². The Morgan fingerprint density at radius 1 is 0.686 bits per heavy atom. The van der Waals surface area contributed by atoms with E-state index in [2.05, 4.69) is 13.2 Å². The van der Waals surface area contributed by atoms with Crippen molar-refractivity contribution in [1.82, 2.24) is 0 Å². The van der Waals surface area contributed by atoms with Gasteiger partial charge >= 0.3 is 35.8 Å². The van der Waals surface area contributed by atoms with E-state index in [-0.39, 0.29) is 79.1 Å². The summed E-state index contributed by atoms with van der Waals surface area (Å²) in [4.78, 5) is 86.8. The Balaban J connectivity index is 1.58. The summed E-state index contributed by atoms with van der Waals surface area (Å²) in [5.74, 6) is -4.59. The molecule has 0 heterocycles. The zero-order valence-electron chi connectivity index (χ0n) is 29.4. The number of unbranched alkanes of at least 4 members (excludes halogenated alkanes) is 1. The van der Waals surface area contributed by atoms with E-state index in [0.29, 0.717) is 64.2 Å². The van der Waals surface area contributed by atoms with Crippen LogP contribution in [-0.4, -0.2) is 68.5 Å². The minimum atomic E-state index is -0.571. The van der Waals surface area contributed by atoms with Gasteiger partial charge in [0.05, 0.1) is 56.2 Å². The maximum absolute atomic E-state index is 13.4. The quantitative estimate of drug-likeness (QED) is 0.0472. The average Bonchev–Trinajstić information content (AvgIpc) is 3.14. The molecule has 13 nitrogen and oxygen atoms in total. The minimum absolute atomic E-state index is 0.00242. The van der Waals surface area contributed by atoms with E-state index in [4.69, 9.17) is 28.4 Å². The topological polar surface area (TPSA) is 175 Å². The summed E-state index contributed by atoms with van der Waals surface area (Å²) in [6.07, 6.45) is 5.87. The monoisotopic (exact) mass is 712 g/mol. The first kappa shape index (κ1) is 40.6. The van der Waals surface area contributed by atoms with E-state index in [1.54, 1.807) is 0 Å². The number of carbonyl (C=O) groups excluding carboxylic acids is 7. The van der Waals surface area contributed by atoms with Gasteiger partial charge in [-0.15, -0.1) is 0 Å². The fraction of sp³-hybridized carbons (Fsp3) is 0.553. The van der Waals surface area contributed by atoms with E-state index in [1.165, 1.54) is 32.2 Å². The lowest BCUT2D eigenvalue weighted by Crippen LogP contribution is -2.30. The number of carbonyl (C=O) groups is 7. The predicted molar refractivity (Wildman–Crippen MR) is 181 cm³/mol. The Morgan fingerprint density at radius 3 is 1.75 bits per heavy atom. The number of methoxy groups -OCH3 is 1. The van der Waals surface area contributed by atoms with Crippen LogP contribution in [0.2, 0.25) is 0 Å². The highest BCUT2D eigenvalue weighted by atomic mass is 16.6. The minimum Gasteiger partial charge on any atom is -0.469 e. The Labute approximate surface area is 298 Å². The first-order valence-electron chi connectivity index (χ1n) is 17.4. The first-order valence-corrected chi connectivity index (χ1v) is 17.4. The van der Waals surface area contributed by atoms with Crippen LogP contribution >= 0.6 is 0 Å². The van der Waals surface area contributed by atoms with Gasteiger partial charge in [-0.25, -0.2) is 9.59 Å². The van der Waals surface area contributed by atoms with Crippen molar-refractivity contribution in [2.24, 2.45) is 23.7 Å². The summed E-state index contributed by atoms with van der Waals surface area (Å²) in [7, 11) is 1.33. The Kier molecular flexibility index (Phi) is 16.5. The lowest BCUT2D eigenvalue weighted by Gasteiger charge is -2.26. The molecule has 51 heavy (non-hydrogen) atoms. The number of Topliss-reactive ketones (excluding diaryl/α,β-unsaturated/α-hetero) is 1. The number of ether oxygens (including phenoxy) is 6. The molecule has 0 radical (unpaired) electrons. The number of ketones is 1. The predicted octanol–water partition coefficient (Wildman–Crippen LogP) is 5.42. The van der Waals surface area contributed by atoms with Crippen LogP contribution in [0.15, 0.2) is 43.0 Å².